The van der Waals surface area contributed by atoms with Crippen LogP contribution in [-0.2, 0) is 0 Å². The van der Waals surface area contributed by atoms with E-state index in [4.69, 9.17) is 8.83 Å². The quantitative estimate of drug-likeness (QED) is 0.291. The van der Waals surface area contributed by atoms with Crippen molar-refractivity contribution >= 4 is 54.5 Å². The van der Waals surface area contributed by atoms with Crippen LogP contribution in [0.15, 0.2) is 100 Å². The van der Waals surface area contributed by atoms with Gasteiger partial charge in [-0.3, -0.25) is 4.98 Å². The van der Waals surface area contributed by atoms with Crippen LogP contribution in [0.25, 0.3) is 65.6 Å². The molecule has 7 rings (SSSR count). The molecule has 30 heavy (non-hydrogen) atoms. The fourth-order valence-corrected chi connectivity index (χ4v) is 4.66. The molecule has 0 radical (unpaired) electrons. The second-order valence-corrected chi connectivity index (χ2v) is 7.63. The monoisotopic (exact) mass is 385 g/mol. The highest BCUT2D eigenvalue weighted by molar-refractivity contribution is 6.26. The van der Waals surface area contributed by atoms with Crippen molar-refractivity contribution in [3.63, 3.8) is 0 Å². The van der Waals surface area contributed by atoms with E-state index in [0.717, 1.165) is 60.2 Å². The molecule has 0 saturated carbocycles. The summed E-state index contributed by atoms with van der Waals surface area (Å²) < 4.78 is 12.5. The average Bonchev–Trinajstić information content (AvgIpc) is 3.43. The van der Waals surface area contributed by atoms with Gasteiger partial charge in [-0.2, -0.15) is 0 Å². The van der Waals surface area contributed by atoms with Gasteiger partial charge in [-0.05, 0) is 58.3 Å². The number of aromatic nitrogens is 1. The van der Waals surface area contributed by atoms with Gasteiger partial charge in [-0.25, -0.2) is 0 Å². The lowest BCUT2D eigenvalue weighted by atomic mass is 9.95. The molecule has 3 nitrogen and oxygen atoms in total. The Morgan fingerprint density at radius 3 is 2.33 bits per heavy atom. The van der Waals surface area contributed by atoms with E-state index in [1.807, 2.05) is 30.6 Å². The van der Waals surface area contributed by atoms with Crippen LogP contribution in [0.1, 0.15) is 0 Å². The lowest BCUT2D eigenvalue weighted by Crippen LogP contribution is -1.84. The van der Waals surface area contributed by atoms with Crippen molar-refractivity contribution in [2.24, 2.45) is 0 Å². The molecule has 0 aliphatic heterocycles. The summed E-state index contributed by atoms with van der Waals surface area (Å²) in [5.74, 6) is 0. The molecule has 3 heterocycles. The summed E-state index contributed by atoms with van der Waals surface area (Å²) in [6, 6.07) is 25.3. The van der Waals surface area contributed by atoms with Gasteiger partial charge in [0, 0.05) is 33.9 Å². The predicted octanol–water partition coefficient (Wildman–Crippen LogP) is 7.70. The number of pyridine rings is 1. The van der Waals surface area contributed by atoms with Gasteiger partial charge >= 0.3 is 0 Å². The van der Waals surface area contributed by atoms with E-state index < -0.39 is 0 Å². The number of benzene rings is 4. The average molecular weight is 385 g/mol. The molecular weight excluding hydrogens is 370 g/mol. The summed E-state index contributed by atoms with van der Waals surface area (Å²) in [5, 5.41) is 7.72. The smallest absolute Gasteiger partial charge is 0.147 e. The van der Waals surface area contributed by atoms with Crippen molar-refractivity contribution in [2.75, 3.05) is 0 Å². The van der Waals surface area contributed by atoms with Gasteiger partial charge in [0.1, 0.15) is 16.7 Å². The van der Waals surface area contributed by atoms with Gasteiger partial charge in [0.05, 0.1) is 11.6 Å². The van der Waals surface area contributed by atoms with Gasteiger partial charge in [0.2, 0.25) is 0 Å². The topological polar surface area (TPSA) is 39.2 Å². The van der Waals surface area contributed by atoms with E-state index in [2.05, 4.69) is 59.6 Å². The van der Waals surface area contributed by atoms with Crippen LogP contribution in [0.2, 0.25) is 0 Å². The van der Waals surface area contributed by atoms with Crippen LogP contribution in [0.3, 0.4) is 0 Å². The summed E-state index contributed by atoms with van der Waals surface area (Å²) in [6.07, 6.45) is 5.40. The third-order valence-electron chi connectivity index (χ3n) is 6.04. The Morgan fingerprint density at radius 1 is 0.600 bits per heavy atom. The normalized spacial score (nSPS) is 12.0. The standard InChI is InChI=1S/C27H15NO2/c1-2-4-19-16(3-1)5-6-21-22-8-7-20-23(17-9-12-28-13-10-17)15-18-11-14-29-25(18)24(20)27(22)30-26(19)21/h1-15H. The number of nitrogens with zero attached hydrogens (tertiary/aromatic N) is 1. The highest BCUT2D eigenvalue weighted by atomic mass is 16.3. The van der Waals surface area contributed by atoms with Crippen molar-refractivity contribution in [1.82, 2.24) is 4.98 Å². The summed E-state index contributed by atoms with van der Waals surface area (Å²) in [7, 11) is 0. The van der Waals surface area contributed by atoms with Gasteiger partial charge < -0.3 is 8.83 Å². The molecule has 4 aromatic carbocycles. The van der Waals surface area contributed by atoms with Crippen LogP contribution in [0.4, 0.5) is 0 Å². The fraction of sp³-hybridized carbons (Fsp3) is 0. The van der Waals surface area contributed by atoms with Gasteiger partial charge in [0.25, 0.3) is 0 Å². The molecule has 0 unspecified atom stereocenters. The molecule has 7 aromatic rings. The van der Waals surface area contributed by atoms with Crippen molar-refractivity contribution in [1.29, 1.82) is 0 Å². The Balaban J connectivity index is 1.72. The third-order valence-corrected chi connectivity index (χ3v) is 6.04. The Kier molecular flexibility index (Phi) is 3.00. The highest BCUT2D eigenvalue weighted by Crippen LogP contribution is 2.43. The van der Waals surface area contributed by atoms with Gasteiger partial charge in [-0.1, -0.05) is 36.4 Å². The zero-order valence-electron chi connectivity index (χ0n) is 15.9. The Labute approximate surface area is 171 Å². The maximum Gasteiger partial charge on any atom is 0.147 e. The number of hydrogen-bond donors (Lipinski definition) is 0. The number of fused-ring (bicyclic) bond motifs is 9. The van der Waals surface area contributed by atoms with E-state index in [1.54, 1.807) is 6.26 Å². The Morgan fingerprint density at radius 2 is 1.40 bits per heavy atom. The maximum absolute atomic E-state index is 6.58. The number of hydrogen-bond acceptors (Lipinski definition) is 3. The Hall–Kier alpha value is -4.11. The lowest BCUT2D eigenvalue weighted by Gasteiger charge is -2.08. The van der Waals surface area contributed by atoms with E-state index in [-0.39, 0.29) is 0 Å². The summed E-state index contributed by atoms with van der Waals surface area (Å²) in [4.78, 5) is 4.17. The van der Waals surface area contributed by atoms with E-state index in [0.29, 0.717) is 0 Å². The largest absolute Gasteiger partial charge is 0.464 e. The van der Waals surface area contributed by atoms with Crippen molar-refractivity contribution in [2.45, 2.75) is 0 Å². The minimum absolute atomic E-state index is 0.858. The molecule has 0 spiro atoms. The van der Waals surface area contributed by atoms with E-state index >= 15 is 0 Å². The minimum Gasteiger partial charge on any atom is -0.464 e. The predicted molar refractivity (Wildman–Crippen MR) is 122 cm³/mol. The molecule has 0 saturated heterocycles. The molecular formula is C27H15NO2. The molecule has 140 valence electrons. The first kappa shape index (κ1) is 15.8. The molecule has 0 bridgehead atoms. The van der Waals surface area contributed by atoms with Gasteiger partial charge in [0.15, 0.2) is 0 Å². The Bertz CT molecular complexity index is 1740. The molecule has 0 fully saturated rings. The van der Waals surface area contributed by atoms with Crippen LogP contribution in [0.5, 0.6) is 0 Å². The fourth-order valence-electron chi connectivity index (χ4n) is 4.66. The minimum atomic E-state index is 0.858. The molecule has 3 aromatic heterocycles. The zero-order chi connectivity index (χ0) is 19.7. The van der Waals surface area contributed by atoms with Crippen LogP contribution < -0.4 is 0 Å². The first-order chi connectivity index (χ1) is 14.9. The molecule has 0 aliphatic rings. The van der Waals surface area contributed by atoms with Crippen molar-refractivity contribution in [3.05, 3.63) is 91.5 Å². The maximum atomic E-state index is 6.58. The van der Waals surface area contributed by atoms with Crippen LogP contribution >= 0.6 is 0 Å². The van der Waals surface area contributed by atoms with Crippen molar-refractivity contribution in [3.8, 4) is 11.1 Å². The van der Waals surface area contributed by atoms with Crippen LogP contribution in [-0.4, -0.2) is 4.98 Å². The van der Waals surface area contributed by atoms with Crippen molar-refractivity contribution < 1.29 is 8.83 Å². The van der Waals surface area contributed by atoms with E-state index in [9.17, 15) is 0 Å². The number of rotatable bonds is 1. The zero-order valence-corrected chi connectivity index (χ0v) is 15.9. The third kappa shape index (κ3) is 2.01. The SMILES string of the molecule is c1ccc2c(c1)ccc1c3ccc4c(-c5ccncc5)cc5ccoc5c4c3oc21. The molecule has 0 amide bonds. The second kappa shape index (κ2) is 5.71. The highest BCUT2D eigenvalue weighted by Gasteiger charge is 2.18. The van der Waals surface area contributed by atoms with Crippen LogP contribution in [0, 0.1) is 0 Å². The molecule has 0 atom stereocenters. The molecule has 0 N–H and O–H groups in total. The first-order valence-electron chi connectivity index (χ1n) is 9.96. The lowest BCUT2D eigenvalue weighted by molar-refractivity contribution is 0.618. The molecule has 3 heteroatoms. The van der Waals surface area contributed by atoms with Gasteiger partial charge in [-0.15, -0.1) is 0 Å². The van der Waals surface area contributed by atoms with E-state index in [1.165, 1.54) is 5.39 Å². The summed E-state index contributed by atoms with van der Waals surface area (Å²) in [5.41, 5.74) is 4.92. The summed E-state index contributed by atoms with van der Waals surface area (Å²) in [6.45, 7) is 0. The second-order valence-electron chi connectivity index (χ2n) is 7.63. The summed E-state index contributed by atoms with van der Waals surface area (Å²) >= 11 is 0. The molecule has 0 aliphatic carbocycles. The first-order valence-corrected chi connectivity index (χ1v) is 9.96. The number of furan rings is 2.